The maximum Gasteiger partial charge on any atom is 0.351 e. The van der Waals surface area contributed by atoms with Gasteiger partial charge in [-0.2, -0.15) is 4.98 Å². The Morgan fingerprint density at radius 2 is 2.07 bits per heavy atom. The molecule has 1 aliphatic heterocycles. The van der Waals surface area contributed by atoms with Gasteiger partial charge in [0.25, 0.3) is 5.91 Å². The lowest BCUT2D eigenvalue weighted by Gasteiger charge is -2.15. The number of carbonyl (C=O) groups excluding carboxylic acids is 2. The SMILES string of the molecule is CC(=O)O[C@@H]1C[C@@H](n2ccc(NC(=O)c3ccccc3)nc2=O)O[C@@H]1CO. The molecule has 9 nitrogen and oxygen atoms in total. The van der Waals surface area contributed by atoms with Crippen LogP contribution in [-0.4, -0.2) is 45.3 Å². The standard InChI is InChI=1S/C18H19N3O6/c1-11(23)26-13-9-16(27-14(13)10-22)21-8-7-15(20-18(21)25)19-17(24)12-5-3-2-4-6-12/h2-8,13-14,16,22H,9-10H2,1H3,(H,19,20,24,25)/t13-,14-,16+/m1/s1. The lowest BCUT2D eigenvalue weighted by atomic mass is 10.2. The molecule has 2 aromatic rings. The molecule has 2 N–H and O–H groups in total. The van der Waals surface area contributed by atoms with Gasteiger partial charge in [-0.1, -0.05) is 18.2 Å². The van der Waals surface area contributed by atoms with Gasteiger partial charge in [0, 0.05) is 25.1 Å². The maximum absolute atomic E-state index is 12.3. The molecule has 1 saturated heterocycles. The van der Waals surface area contributed by atoms with Crippen molar-refractivity contribution in [3.05, 3.63) is 58.6 Å². The molecule has 1 fully saturated rings. The van der Waals surface area contributed by atoms with E-state index < -0.39 is 30.1 Å². The van der Waals surface area contributed by atoms with E-state index in [2.05, 4.69) is 10.3 Å². The number of ether oxygens (including phenoxy) is 2. The summed E-state index contributed by atoms with van der Waals surface area (Å²) in [5.74, 6) is -0.766. The second-order valence-corrected chi connectivity index (χ2v) is 6.02. The third-order valence-electron chi connectivity index (χ3n) is 4.10. The summed E-state index contributed by atoms with van der Waals surface area (Å²) in [7, 11) is 0. The fraction of sp³-hybridized carbons (Fsp3) is 0.333. The Bertz CT molecular complexity index is 882. The minimum Gasteiger partial charge on any atom is -0.460 e. The van der Waals surface area contributed by atoms with Gasteiger partial charge in [-0.05, 0) is 18.2 Å². The summed E-state index contributed by atoms with van der Waals surface area (Å²) < 4.78 is 11.9. The Balaban J connectivity index is 1.73. The number of hydrogen-bond acceptors (Lipinski definition) is 7. The van der Waals surface area contributed by atoms with Gasteiger partial charge in [-0.15, -0.1) is 0 Å². The predicted octanol–water partition coefficient (Wildman–Crippen LogP) is 0.707. The van der Waals surface area contributed by atoms with E-state index >= 15 is 0 Å². The Labute approximate surface area is 154 Å². The van der Waals surface area contributed by atoms with Gasteiger partial charge in [0.05, 0.1) is 6.61 Å². The highest BCUT2D eigenvalue weighted by atomic mass is 16.6. The summed E-state index contributed by atoms with van der Waals surface area (Å²) in [6.07, 6.45) is -0.455. The van der Waals surface area contributed by atoms with Crippen molar-refractivity contribution in [3.63, 3.8) is 0 Å². The molecule has 142 valence electrons. The molecule has 3 rings (SSSR count). The number of benzene rings is 1. The average molecular weight is 373 g/mol. The smallest absolute Gasteiger partial charge is 0.351 e. The van der Waals surface area contributed by atoms with Crippen LogP contribution in [0.25, 0.3) is 0 Å². The number of nitrogens with one attached hydrogen (secondary N) is 1. The molecule has 0 aliphatic carbocycles. The molecule has 0 bridgehead atoms. The third-order valence-corrected chi connectivity index (χ3v) is 4.10. The van der Waals surface area contributed by atoms with Crippen LogP contribution in [0.15, 0.2) is 47.4 Å². The van der Waals surface area contributed by atoms with Crippen molar-refractivity contribution in [2.75, 3.05) is 11.9 Å². The number of aliphatic hydroxyl groups excluding tert-OH is 1. The molecule has 0 radical (unpaired) electrons. The van der Waals surface area contributed by atoms with Gasteiger partial charge in [-0.25, -0.2) is 4.79 Å². The van der Waals surface area contributed by atoms with Gasteiger partial charge in [0.1, 0.15) is 24.3 Å². The zero-order valence-electron chi connectivity index (χ0n) is 14.6. The van der Waals surface area contributed by atoms with E-state index in [1.165, 1.54) is 23.8 Å². The normalized spacial score (nSPS) is 21.6. The van der Waals surface area contributed by atoms with Crippen LogP contribution in [0.2, 0.25) is 0 Å². The molecule has 2 heterocycles. The number of rotatable bonds is 5. The molecule has 0 unspecified atom stereocenters. The first-order valence-corrected chi connectivity index (χ1v) is 8.37. The van der Waals surface area contributed by atoms with Crippen molar-refractivity contribution in [2.45, 2.75) is 31.8 Å². The molecule has 0 saturated carbocycles. The summed E-state index contributed by atoms with van der Waals surface area (Å²) in [5.41, 5.74) is -0.191. The summed E-state index contributed by atoms with van der Waals surface area (Å²) in [6.45, 7) is 0.918. The van der Waals surface area contributed by atoms with Crippen molar-refractivity contribution >= 4 is 17.7 Å². The summed E-state index contributed by atoms with van der Waals surface area (Å²) in [4.78, 5) is 39.5. The first-order chi connectivity index (χ1) is 13.0. The minimum atomic E-state index is -0.731. The molecular formula is C18H19N3O6. The number of aliphatic hydroxyl groups is 1. The van der Waals surface area contributed by atoms with E-state index in [0.29, 0.717) is 5.56 Å². The highest BCUT2D eigenvalue weighted by molar-refractivity contribution is 6.03. The van der Waals surface area contributed by atoms with E-state index in [9.17, 15) is 19.5 Å². The summed E-state index contributed by atoms with van der Waals surface area (Å²) in [5, 5.41) is 11.9. The van der Waals surface area contributed by atoms with Crippen molar-refractivity contribution in [1.82, 2.24) is 9.55 Å². The van der Waals surface area contributed by atoms with Crippen molar-refractivity contribution in [1.29, 1.82) is 0 Å². The number of aromatic nitrogens is 2. The fourth-order valence-corrected chi connectivity index (χ4v) is 2.85. The van der Waals surface area contributed by atoms with Crippen LogP contribution in [0.4, 0.5) is 5.82 Å². The third kappa shape index (κ3) is 4.39. The minimum absolute atomic E-state index is 0.110. The first-order valence-electron chi connectivity index (χ1n) is 8.37. The Hall–Kier alpha value is -3.04. The van der Waals surface area contributed by atoms with Crippen LogP contribution >= 0.6 is 0 Å². The van der Waals surface area contributed by atoms with Gasteiger partial charge in [0.15, 0.2) is 0 Å². The van der Waals surface area contributed by atoms with E-state index in [1.807, 2.05) is 0 Å². The Morgan fingerprint density at radius 1 is 1.33 bits per heavy atom. The lowest BCUT2D eigenvalue weighted by molar-refractivity contribution is -0.150. The Morgan fingerprint density at radius 3 is 2.70 bits per heavy atom. The molecule has 9 heteroatoms. The van der Waals surface area contributed by atoms with Gasteiger partial charge in [-0.3, -0.25) is 14.2 Å². The quantitative estimate of drug-likeness (QED) is 0.741. The zero-order valence-corrected chi connectivity index (χ0v) is 14.6. The summed E-state index contributed by atoms with van der Waals surface area (Å²) >= 11 is 0. The number of anilines is 1. The Kier molecular flexibility index (Phi) is 5.63. The summed E-state index contributed by atoms with van der Waals surface area (Å²) in [6, 6.07) is 10.0. The van der Waals surface area contributed by atoms with Crippen molar-refractivity contribution in [2.24, 2.45) is 0 Å². The van der Waals surface area contributed by atoms with Crippen LogP contribution in [0.1, 0.15) is 29.9 Å². The van der Waals surface area contributed by atoms with Crippen LogP contribution in [-0.2, 0) is 14.3 Å². The van der Waals surface area contributed by atoms with E-state index in [-0.39, 0.29) is 24.8 Å². The number of esters is 1. The number of nitrogens with zero attached hydrogens (tertiary/aromatic N) is 2. The molecule has 1 aromatic carbocycles. The molecule has 3 atom stereocenters. The molecule has 1 aliphatic rings. The lowest BCUT2D eigenvalue weighted by Crippen LogP contribution is -2.29. The molecule has 27 heavy (non-hydrogen) atoms. The molecule has 1 amide bonds. The van der Waals surface area contributed by atoms with Crippen molar-refractivity contribution in [3.8, 4) is 0 Å². The van der Waals surface area contributed by atoms with Crippen LogP contribution in [0.3, 0.4) is 0 Å². The van der Waals surface area contributed by atoms with Gasteiger partial charge in [0.2, 0.25) is 0 Å². The van der Waals surface area contributed by atoms with Gasteiger partial charge >= 0.3 is 11.7 Å². The van der Waals surface area contributed by atoms with E-state index in [4.69, 9.17) is 9.47 Å². The number of amides is 1. The molecule has 0 spiro atoms. The highest BCUT2D eigenvalue weighted by Gasteiger charge is 2.38. The second-order valence-electron chi connectivity index (χ2n) is 6.02. The average Bonchev–Trinajstić information content (AvgIpc) is 3.04. The predicted molar refractivity (Wildman–Crippen MR) is 94.1 cm³/mol. The first kappa shape index (κ1) is 18.7. The fourth-order valence-electron chi connectivity index (χ4n) is 2.85. The van der Waals surface area contributed by atoms with Crippen LogP contribution in [0.5, 0.6) is 0 Å². The van der Waals surface area contributed by atoms with E-state index in [1.54, 1.807) is 30.3 Å². The molecular weight excluding hydrogens is 354 g/mol. The second kappa shape index (κ2) is 8.11. The maximum atomic E-state index is 12.3. The van der Waals surface area contributed by atoms with Gasteiger partial charge < -0.3 is 19.9 Å². The number of hydrogen-bond donors (Lipinski definition) is 2. The van der Waals surface area contributed by atoms with Crippen LogP contribution in [0, 0.1) is 0 Å². The zero-order chi connectivity index (χ0) is 19.4. The van der Waals surface area contributed by atoms with E-state index in [0.717, 1.165) is 0 Å². The van der Waals surface area contributed by atoms with Crippen molar-refractivity contribution < 1.29 is 24.2 Å². The highest BCUT2D eigenvalue weighted by Crippen LogP contribution is 2.29. The monoisotopic (exact) mass is 373 g/mol. The largest absolute Gasteiger partial charge is 0.460 e. The topological polar surface area (TPSA) is 120 Å². The number of carbonyl (C=O) groups is 2. The van der Waals surface area contributed by atoms with Crippen LogP contribution < -0.4 is 11.0 Å². The molecule has 1 aromatic heterocycles.